The molecule has 0 aliphatic carbocycles. The van der Waals surface area contributed by atoms with E-state index < -0.39 is 53.4 Å². The zero-order chi connectivity index (χ0) is 23.2. The summed E-state index contributed by atoms with van der Waals surface area (Å²) in [4.78, 5) is 23.9. The Labute approximate surface area is 180 Å². The van der Waals surface area contributed by atoms with Crippen molar-refractivity contribution in [2.24, 2.45) is 5.92 Å². The van der Waals surface area contributed by atoms with Gasteiger partial charge in [-0.15, -0.1) is 0 Å². The highest BCUT2D eigenvalue weighted by Gasteiger charge is 2.47. The number of hydrogen-bond donors (Lipinski definition) is 5. The van der Waals surface area contributed by atoms with Crippen LogP contribution in [-0.2, 0) is 9.53 Å². The van der Waals surface area contributed by atoms with Crippen molar-refractivity contribution in [3.8, 4) is 28.6 Å². The average Bonchev–Trinajstić information content (AvgIpc) is 2.77. The third kappa shape index (κ3) is 3.64. The van der Waals surface area contributed by atoms with E-state index in [1.165, 1.54) is 13.0 Å². The Morgan fingerprint density at radius 2 is 1.72 bits per heavy atom. The topological polar surface area (TPSA) is 167 Å². The smallest absolute Gasteiger partial charge is 0.335 e. The van der Waals surface area contributed by atoms with Crippen molar-refractivity contribution < 1.29 is 44.2 Å². The summed E-state index contributed by atoms with van der Waals surface area (Å²) in [6.45, 7) is 1.45. The van der Waals surface area contributed by atoms with Gasteiger partial charge in [0.2, 0.25) is 12.0 Å². The fourth-order valence-electron chi connectivity index (χ4n) is 3.57. The van der Waals surface area contributed by atoms with Crippen LogP contribution >= 0.6 is 0 Å². The summed E-state index contributed by atoms with van der Waals surface area (Å²) in [6, 6.07) is 11.1. The van der Waals surface area contributed by atoms with Gasteiger partial charge >= 0.3 is 5.97 Å². The number of aliphatic hydroxyl groups excluding tert-OH is 2. The predicted molar refractivity (Wildman–Crippen MR) is 109 cm³/mol. The number of rotatable bonds is 4. The highest BCUT2D eigenvalue weighted by atomic mass is 16.7. The number of phenolic OH excluding ortho intramolecular Hbond substituents is 2. The van der Waals surface area contributed by atoms with Crippen LogP contribution < -0.4 is 10.2 Å². The van der Waals surface area contributed by atoms with Crippen LogP contribution in [0.25, 0.3) is 22.3 Å². The zero-order valence-corrected chi connectivity index (χ0v) is 16.7. The lowest BCUT2D eigenvalue weighted by atomic mass is 9.92. The molecule has 0 amide bonds. The first kappa shape index (κ1) is 21.6. The standard InChI is InChI=1S/C22H20O10/c1-9-16(24)19(27)20(21(28)29)32-22(9)31-14-8-13-15(18(26)17(14)25)11(23)7-12(30-13)10-5-3-2-4-6-10/h2-9,16,19-20,22,24-27H,1H3,(H,28,29). The van der Waals surface area contributed by atoms with Crippen molar-refractivity contribution in [3.05, 3.63) is 52.7 Å². The molecule has 5 N–H and O–H groups in total. The Morgan fingerprint density at radius 1 is 1.03 bits per heavy atom. The van der Waals surface area contributed by atoms with E-state index in [0.29, 0.717) is 5.56 Å². The fraction of sp³-hybridized carbons (Fsp3) is 0.273. The number of aliphatic carboxylic acids is 1. The maximum Gasteiger partial charge on any atom is 0.335 e. The number of hydrogen-bond acceptors (Lipinski definition) is 9. The monoisotopic (exact) mass is 444 g/mol. The Balaban J connectivity index is 1.77. The molecule has 1 aliphatic rings. The van der Waals surface area contributed by atoms with Crippen LogP contribution in [0.3, 0.4) is 0 Å². The van der Waals surface area contributed by atoms with E-state index in [1.807, 2.05) is 0 Å². The maximum atomic E-state index is 12.6. The minimum atomic E-state index is -1.77. The first-order chi connectivity index (χ1) is 15.2. The largest absolute Gasteiger partial charge is 0.504 e. The molecular formula is C22H20O10. The minimum absolute atomic E-state index is 0.0968. The molecular weight excluding hydrogens is 424 g/mol. The van der Waals surface area contributed by atoms with Gasteiger partial charge in [-0.2, -0.15) is 0 Å². The molecule has 1 aromatic heterocycles. The van der Waals surface area contributed by atoms with Gasteiger partial charge in [0.15, 0.2) is 23.0 Å². The number of aromatic hydroxyl groups is 2. The summed E-state index contributed by atoms with van der Waals surface area (Å²) < 4.78 is 16.5. The van der Waals surface area contributed by atoms with Gasteiger partial charge in [0, 0.05) is 23.6 Å². The molecule has 1 aliphatic heterocycles. The third-order valence-corrected chi connectivity index (χ3v) is 5.39. The van der Waals surface area contributed by atoms with E-state index >= 15 is 0 Å². The van der Waals surface area contributed by atoms with Crippen molar-refractivity contribution in [1.82, 2.24) is 0 Å². The molecule has 0 bridgehead atoms. The molecule has 5 unspecified atom stereocenters. The van der Waals surface area contributed by atoms with Crippen LogP contribution in [0, 0.1) is 5.92 Å². The molecule has 5 atom stereocenters. The number of fused-ring (bicyclic) bond motifs is 1. The summed E-state index contributed by atoms with van der Waals surface area (Å²) in [7, 11) is 0. The Bertz CT molecular complexity index is 1220. The third-order valence-electron chi connectivity index (χ3n) is 5.39. The predicted octanol–water partition coefficient (Wildman–Crippen LogP) is 1.42. The number of phenols is 2. The SMILES string of the molecule is CC1C(Oc2cc3oc(-c4ccccc4)cc(=O)c3c(O)c2O)OC(C(=O)O)C(O)C1O. The number of carbonyl (C=O) groups is 1. The van der Waals surface area contributed by atoms with Crippen molar-refractivity contribution in [1.29, 1.82) is 0 Å². The molecule has 3 aromatic rings. The summed E-state index contributed by atoms with van der Waals surface area (Å²) in [5, 5.41) is 49.8. The molecule has 32 heavy (non-hydrogen) atoms. The number of carboxylic acid groups (broad SMARTS) is 1. The molecule has 2 heterocycles. The first-order valence-electron chi connectivity index (χ1n) is 9.68. The van der Waals surface area contributed by atoms with Gasteiger partial charge in [-0.1, -0.05) is 37.3 Å². The Morgan fingerprint density at radius 3 is 2.38 bits per heavy atom. The van der Waals surface area contributed by atoms with Crippen LogP contribution in [0.1, 0.15) is 6.92 Å². The van der Waals surface area contributed by atoms with E-state index in [9.17, 15) is 35.1 Å². The minimum Gasteiger partial charge on any atom is -0.504 e. The van der Waals surface area contributed by atoms with Crippen molar-refractivity contribution in [3.63, 3.8) is 0 Å². The second kappa shape index (κ2) is 8.15. The fourth-order valence-corrected chi connectivity index (χ4v) is 3.57. The number of aliphatic hydroxyl groups is 2. The average molecular weight is 444 g/mol. The van der Waals surface area contributed by atoms with Crippen molar-refractivity contribution in [2.75, 3.05) is 0 Å². The molecule has 1 saturated heterocycles. The highest BCUT2D eigenvalue weighted by molar-refractivity contribution is 5.89. The Hall–Kier alpha value is -3.60. The summed E-state index contributed by atoms with van der Waals surface area (Å²) in [5.74, 6) is -4.15. The lowest BCUT2D eigenvalue weighted by molar-refractivity contribution is -0.251. The molecule has 2 aromatic carbocycles. The lowest BCUT2D eigenvalue weighted by Crippen LogP contribution is -2.57. The van der Waals surface area contributed by atoms with Crippen LogP contribution in [0.2, 0.25) is 0 Å². The molecule has 168 valence electrons. The molecule has 10 nitrogen and oxygen atoms in total. The van der Waals surface area contributed by atoms with E-state index in [4.69, 9.17) is 13.9 Å². The molecule has 1 fully saturated rings. The van der Waals surface area contributed by atoms with Crippen LogP contribution in [0.15, 0.2) is 51.7 Å². The summed E-state index contributed by atoms with van der Waals surface area (Å²) in [5.41, 5.74) is -0.0936. The second-order valence-corrected chi connectivity index (χ2v) is 7.51. The number of ether oxygens (including phenoxy) is 2. The second-order valence-electron chi connectivity index (χ2n) is 7.51. The van der Waals surface area contributed by atoms with Crippen LogP contribution in [0.5, 0.6) is 17.2 Å². The van der Waals surface area contributed by atoms with E-state index in [0.717, 1.165) is 6.07 Å². The van der Waals surface area contributed by atoms with Crippen LogP contribution in [-0.4, -0.2) is 56.1 Å². The van der Waals surface area contributed by atoms with E-state index in [-0.39, 0.29) is 22.5 Å². The number of carboxylic acids is 1. The van der Waals surface area contributed by atoms with Crippen LogP contribution in [0.4, 0.5) is 0 Å². The first-order valence-corrected chi connectivity index (χ1v) is 9.68. The maximum absolute atomic E-state index is 12.6. The summed E-state index contributed by atoms with van der Waals surface area (Å²) >= 11 is 0. The van der Waals surface area contributed by atoms with Gasteiger partial charge in [-0.3, -0.25) is 4.79 Å². The van der Waals surface area contributed by atoms with Gasteiger partial charge in [0.25, 0.3) is 0 Å². The van der Waals surface area contributed by atoms with E-state index in [1.54, 1.807) is 30.3 Å². The normalized spacial score (nSPS) is 25.5. The zero-order valence-electron chi connectivity index (χ0n) is 16.7. The lowest BCUT2D eigenvalue weighted by Gasteiger charge is -2.39. The molecule has 0 spiro atoms. The summed E-state index contributed by atoms with van der Waals surface area (Å²) in [6.07, 6.45) is -6.35. The van der Waals surface area contributed by atoms with Gasteiger partial charge in [-0.05, 0) is 0 Å². The molecule has 0 radical (unpaired) electrons. The number of benzene rings is 2. The van der Waals surface area contributed by atoms with Gasteiger partial charge in [0.05, 0.1) is 6.10 Å². The van der Waals surface area contributed by atoms with Gasteiger partial charge < -0.3 is 39.4 Å². The molecule has 0 saturated carbocycles. The van der Waals surface area contributed by atoms with E-state index in [2.05, 4.69) is 0 Å². The Kier molecular flexibility index (Phi) is 5.51. The van der Waals surface area contributed by atoms with Gasteiger partial charge in [0.1, 0.15) is 22.8 Å². The van der Waals surface area contributed by atoms with Crippen molar-refractivity contribution >= 4 is 16.9 Å². The quantitative estimate of drug-likeness (QED) is 0.371. The molecule has 10 heteroatoms. The van der Waals surface area contributed by atoms with Gasteiger partial charge in [-0.25, -0.2) is 4.79 Å². The molecule has 4 rings (SSSR count). The highest BCUT2D eigenvalue weighted by Crippen LogP contribution is 2.43. The van der Waals surface area contributed by atoms with Crippen molar-refractivity contribution in [2.45, 2.75) is 31.5 Å².